The van der Waals surface area contributed by atoms with Crippen molar-refractivity contribution >= 4 is 0 Å². The highest BCUT2D eigenvalue weighted by Gasteiger charge is 2.41. The van der Waals surface area contributed by atoms with Crippen LogP contribution < -0.4 is 0 Å². The maximum absolute atomic E-state index is 10.2. The molecule has 2 saturated carbocycles. The van der Waals surface area contributed by atoms with E-state index in [4.69, 9.17) is 10.2 Å². The molecule has 154 valence electrons. The van der Waals surface area contributed by atoms with Crippen molar-refractivity contribution in [3.63, 3.8) is 0 Å². The van der Waals surface area contributed by atoms with Crippen LogP contribution in [0, 0.1) is 10.8 Å². The second kappa shape index (κ2) is 11.7. The molecule has 0 aromatic carbocycles. The summed E-state index contributed by atoms with van der Waals surface area (Å²) in [7, 11) is 0. The molecule has 2 aliphatic rings. The van der Waals surface area contributed by atoms with Crippen molar-refractivity contribution < 1.29 is 15.3 Å². The van der Waals surface area contributed by atoms with Crippen LogP contribution in [-0.4, -0.2) is 34.6 Å². The third-order valence-electron chi connectivity index (χ3n) is 7.13. The molecule has 26 heavy (non-hydrogen) atoms. The highest BCUT2D eigenvalue weighted by Crippen LogP contribution is 2.54. The molecule has 0 bridgehead atoms. The van der Waals surface area contributed by atoms with Crippen LogP contribution >= 0.6 is 0 Å². The number of hydrogen-bond acceptors (Lipinski definition) is 3. The Kier molecular flexibility index (Phi) is 9.94. The fourth-order valence-electron chi connectivity index (χ4n) is 4.77. The molecule has 0 spiro atoms. The Hall–Kier alpha value is -0.120. The Bertz CT molecular complexity index is 326. The van der Waals surface area contributed by atoms with Crippen LogP contribution in [0.1, 0.15) is 116 Å². The van der Waals surface area contributed by atoms with Gasteiger partial charge in [0, 0.05) is 13.2 Å². The monoisotopic (exact) mass is 368 g/mol. The zero-order valence-corrected chi connectivity index (χ0v) is 17.1. The van der Waals surface area contributed by atoms with Gasteiger partial charge in [0.05, 0.1) is 6.10 Å². The predicted molar refractivity (Wildman–Crippen MR) is 108 cm³/mol. The number of aliphatic hydroxyl groups is 3. The van der Waals surface area contributed by atoms with Crippen molar-refractivity contribution in [1.29, 1.82) is 0 Å². The smallest absolute Gasteiger partial charge is 0.0540 e. The van der Waals surface area contributed by atoms with Crippen LogP contribution in [0.3, 0.4) is 0 Å². The number of unbranched alkanes of at least 4 members (excludes halogenated alkanes) is 4. The average molecular weight is 369 g/mol. The lowest BCUT2D eigenvalue weighted by atomic mass is 9.92. The highest BCUT2D eigenvalue weighted by molar-refractivity contribution is 4.93. The summed E-state index contributed by atoms with van der Waals surface area (Å²) in [6, 6.07) is 0. The van der Waals surface area contributed by atoms with E-state index >= 15 is 0 Å². The van der Waals surface area contributed by atoms with Crippen LogP contribution in [0.2, 0.25) is 0 Å². The summed E-state index contributed by atoms with van der Waals surface area (Å²) in [4.78, 5) is 0. The molecule has 0 heterocycles. The quantitative estimate of drug-likeness (QED) is 0.286. The van der Waals surface area contributed by atoms with Gasteiger partial charge in [-0.15, -0.1) is 0 Å². The lowest BCUT2D eigenvalue weighted by molar-refractivity contribution is 0.146. The molecule has 2 fully saturated rings. The van der Waals surface area contributed by atoms with Gasteiger partial charge in [0.1, 0.15) is 0 Å². The summed E-state index contributed by atoms with van der Waals surface area (Å²) >= 11 is 0. The molecule has 0 aliphatic heterocycles. The normalized spacial score (nSPS) is 19.8. The van der Waals surface area contributed by atoms with Gasteiger partial charge in [-0.25, -0.2) is 0 Å². The Morgan fingerprint density at radius 3 is 1.27 bits per heavy atom. The molecule has 0 radical (unpaired) electrons. The van der Waals surface area contributed by atoms with E-state index in [-0.39, 0.29) is 6.10 Å². The van der Waals surface area contributed by atoms with Gasteiger partial charge in [-0.05, 0) is 87.9 Å². The van der Waals surface area contributed by atoms with Crippen molar-refractivity contribution in [2.24, 2.45) is 10.8 Å². The highest BCUT2D eigenvalue weighted by atomic mass is 16.3. The molecule has 0 atom stereocenters. The van der Waals surface area contributed by atoms with E-state index in [1.54, 1.807) is 0 Å². The number of hydrogen-bond donors (Lipinski definition) is 3. The summed E-state index contributed by atoms with van der Waals surface area (Å²) in [5.74, 6) is 0. The molecule has 3 N–H and O–H groups in total. The van der Waals surface area contributed by atoms with Gasteiger partial charge < -0.3 is 15.3 Å². The lowest BCUT2D eigenvalue weighted by Crippen LogP contribution is -2.07. The van der Waals surface area contributed by atoms with Crippen LogP contribution in [0.15, 0.2) is 0 Å². The molecule has 0 saturated heterocycles. The lowest BCUT2D eigenvalue weighted by Gasteiger charge is -2.15. The third kappa shape index (κ3) is 8.71. The summed E-state index contributed by atoms with van der Waals surface area (Å²) in [6.45, 7) is 0.690. The van der Waals surface area contributed by atoms with Crippen LogP contribution in [0.5, 0.6) is 0 Å². The summed E-state index contributed by atoms with van der Waals surface area (Å²) < 4.78 is 0. The molecule has 2 rings (SSSR count). The summed E-state index contributed by atoms with van der Waals surface area (Å²) in [5, 5.41) is 28.1. The Morgan fingerprint density at radius 1 is 0.538 bits per heavy atom. The zero-order chi connectivity index (χ0) is 18.7. The van der Waals surface area contributed by atoms with Crippen molar-refractivity contribution in [2.75, 3.05) is 13.2 Å². The van der Waals surface area contributed by atoms with Crippen LogP contribution in [0.25, 0.3) is 0 Å². The molecule has 0 unspecified atom stereocenters. The molecule has 3 heteroatoms. The van der Waals surface area contributed by atoms with Gasteiger partial charge in [0.25, 0.3) is 0 Å². The van der Waals surface area contributed by atoms with Gasteiger partial charge in [-0.2, -0.15) is 0 Å². The fraction of sp³-hybridized carbons (Fsp3) is 1.00. The van der Waals surface area contributed by atoms with Crippen molar-refractivity contribution in [3.8, 4) is 0 Å². The predicted octanol–water partition coefficient (Wildman–Crippen LogP) is 5.35. The number of aliphatic hydroxyl groups excluding tert-OH is 3. The summed E-state index contributed by atoms with van der Waals surface area (Å²) in [5.41, 5.74) is 1.19. The van der Waals surface area contributed by atoms with E-state index in [2.05, 4.69) is 0 Å². The molecule has 3 nitrogen and oxygen atoms in total. The van der Waals surface area contributed by atoms with E-state index in [9.17, 15) is 5.11 Å². The van der Waals surface area contributed by atoms with Gasteiger partial charge >= 0.3 is 0 Å². The zero-order valence-electron chi connectivity index (χ0n) is 17.1. The second-order valence-electron chi connectivity index (χ2n) is 9.51. The molecular formula is C23H44O3. The molecule has 0 amide bonds. The average Bonchev–Trinajstić information content (AvgIpc) is 3.56. The molecule has 0 aromatic heterocycles. The molecular weight excluding hydrogens is 324 g/mol. The van der Waals surface area contributed by atoms with Gasteiger partial charge in [-0.3, -0.25) is 0 Å². The van der Waals surface area contributed by atoms with Crippen molar-refractivity contribution in [3.05, 3.63) is 0 Å². The molecule has 2 aliphatic carbocycles. The van der Waals surface area contributed by atoms with Crippen LogP contribution in [0.4, 0.5) is 0 Å². The first-order valence-electron chi connectivity index (χ1n) is 11.5. The minimum atomic E-state index is -0.0939. The van der Waals surface area contributed by atoms with E-state index in [1.165, 1.54) is 89.9 Å². The standard InChI is InChI=1S/C23H44O3/c24-19-7-13-22(15-16-22)11-5-1-3-9-21(26)10-4-2-6-12-23(17-18-23)14-8-20-25/h21,24-26H,1-20H2. The Morgan fingerprint density at radius 2 is 0.923 bits per heavy atom. The third-order valence-corrected chi connectivity index (χ3v) is 7.13. The number of rotatable bonds is 18. The van der Waals surface area contributed by atoms with Gasteiger partial charge in [-0.1, -0.05) is 38.5 Å². The van der Waals surface area contributed by atoms with E-state index in [1.807, 2.05) is 0 Å². The SMILES string of the molecule is OCCCC1(CCCCCC(O)CCCCCC2(CCCO)CC2)CC1. The van der Waals surface area contributed by atoms with Crippen molar-refractivity contribution in [2.45, 2.75) is 122 Å². The fourth-order valence-corrected chi connectivity index (χ4v) is 4.77. The largest absolute Gasteiger partial charge is 0.396 e. The first-order valence-corrected chi connectivity index (χ1v) is 11.5. The Labute approximate surface area is 161 Å². The maximum atomic E-state index is 10.2. The minimum absolute atomic E-state index is 0.0939. The summed E-state index contributed by atoms with van der Waals surface area (Å²) in [6.07, 6.45) is 21.8. The van der Waals surface area contributed by atoms with Crippen LogP contribution in [-0.2, 0) is 0 Å². The maximum Gasteiger partial charge on any atom is 0.0540 e. The second-order valence-corrected chi connectivity index (χ2v) is 9.51. The topological polar surface area (TPSA) is 60.7 Å². The van der Waals surface area contributed by atoms with Crippen molar-refractivity contribution in [1.82, 2.24) is 0 Å². The Balaban J connectivity index is 1.37. The molecule has 0 aromatic rings. The first-order chi connectivity index (χ1) is 12.6. The van der Waals surface area contributed by atoms with E-state index < -0.39 is 0 Å². The van der Waals surface area contributed by atoms with Gasteiger partial charge in [0.2, 0.25) is 0 Å². The minimum Gasteiger partial charge on any atom is -0.396 e. The van der Waals surface area contributed by atoms with E-state index in [0.29, 0.717) is 24.0 Å². The first kappa shape index (κ1) is 22.2. The van der Waals surface area contributed by atoms with E-state index in [0.717, 1.165) is 25.7 Å². The van der Waals surface area contributed by atoms with Gasteiger partial charge in [0.15, 0.2) is 0 Å².